The summed E-state index contributed by atoms with van der Waals surface area (Å²) in [6.45, 7) is 2.14. The first-order valence-electron chi connectivity index (χ1n) is 8.80. The van der Waals surface area contributed by atoms with Gasteiger partial charge in [0.25, 0.3) is 0 Å². The summed E-state index contributed by atoms with van der Waals surface area (Å²) >= 11 is 0. The first kappa shape index (κ1) is 22.4. The Balaban J connectivity index is 3.80. The van der Waals surface area contributed by atoms with Gasteiger partial charge in [-0.25, -0.2) is 0 Å². The molecule has 0 fully saturated rings. The average molecular weight is 336 g/mol. The van der Waals surface area contributed by atoms with Gasteiger partial charge >= 0.3 is 5.97 Å². The molecule has 0 aromatic carbocycles. The Hall–Kier alpha value is -1.65. The van der Waals surface area contributed by atoms with Crippen molar-refractivity contribution < 1.29 is 20.1 Å². The summed E-state index contributed by atoms with van der Waals surface area (Å²) in [6.07, 6.45) is 19.7. The van der Waals surface area contributed by atoms with Crippen molar-refractivity contribution in [3.05, 3.63) is 48.6 Å². The molecular formula is C20H32O4. The van der Waals surface area contributed by atoms with Crippen LogP contribution in [0.4, 0.5) is 0 Å². The monoisotopic (exact) mass is 336 g/mol. The maximum atomic E-state index is 10.3. The number of carboxylic acids is 1. The van der Waals surface area contributed by atoms with Gasteiger partial charge in [-0.1, -0.05) is 74.8 Å². The number of hydrogen-bond donors (Lipinski definition) is 3. The van der Waals surface area contributed by atoms with E-state index in [9.17, 15) is 15.0 Å². The van der Waals surface area contributed by atoms with Crippen molar-refractivity contribution in [2.45, 2.75) is 70.5 Å². The van der Waals surface area contributed by atoms with Gasteiger partial charge in [-0.3, -0.25) is 4.79 Å². The van der Waals surface area contributed by atoms with Crippen LogP contribution in [0.2, 0.25) is 0 Å². The summed E-state index contributed by atoms with van der Waals surface area (Å²) in [7, 11) is 0. The third kappa shape index (κ3) is 16.7. The number of rotatable bonds is 14. The zero-order valence-electron chi connectivity index (χ0n) is 14.7. The molecule has 3 N–H and O–H groups in total. The molecule has 0 spiro atoms. The third-order valence-corrected chi connectivity index (χ3v) is 3.41. The fourth-order valence-corrected chi connectivity index (χ4v) is 2.02. The van der Waals surface area contributed by atoms with Crippen LogP contribution in [0.25, 0.3) is 0 Å². The highest BCUT2D eigenvalue weighted by atomic mass is 16.4. The molecule has 4 nitrogen and oxygen atoms in total. The van der Waals surface area contributed by atoms with Gasteiger partial charge in [0.05, 0.1) is 12.2 Å². The predicted octanol–water partition coefficient (Wildman–Crippen LogP) is 4.16. The Labute approximate surface area is 145 Å². The number of aliphatic carboxylic acids is 1. The standard InChI is InChI=1S/C20H32O4/c1-2-3-8-13-18(21)14-9-4-5-10-15-19(22)16-11-6-7-12-17-20(23)24/h4-6,9-11,14-15,18-19,21-22H,2-3,7-8,12-13,16-17H2,1H3,(H,23,24)/b5-4+,11-6+,14-9+,15-10+. The quantitative estimate of drug-likeness (QED) is 0.253. The molecule has 0 aromatic heterocycles. The molecule has 0 aliphatic heterocycles. The van der Waals surface area contributed by atoms with E-state index in [0.29, 0.717) is 19.3 Å². The minimum absolute atomic E-state index is 0.179. The molecule has 0 aliphatic carbocycles. The van der Waals surface area contributed by atoms with Crippen molar-refractivity contribution in [1.29, 1.82) is 0 Å². The Morgan fingerprint density at radius 1 is 0.917 bits per heavy atom. The summed E-state index contributed by atoms with van der Waals surface area (Å²) in [6, 6.07) is 0. The lowest BCUT2D eigenvalue weighted by Gasteiger charge is -2.02. The summed E-state index contributed by atoms with van der Waals surface area (Å²) in [4.78, 5) is 10.3. The number of unbranched alkanes of at least 4 members (excludes halogenated alkanes) is 3. The normalized spacial score (nSPS) is 15.1. The smallest absolute Gasteiger partial charge is 0.303 e. The average Bonchev–Trinajstić information content (AvgIpc) is 2.54. The molecule has 0 heterocycles. The molecule has 0 saturated heterocycles. The van der Waals surface area contributed by atoms with E-state index in [1.165, 1.54) is 0 Å². The molecule has 0 rings (SSSR count). The lowest BCUT2D eigenvalue weighted by molar-refractivity contribution is -0.137. The van der Waals surface area contributed by atoms with E-state index >= 15 is 0 Å². The van der Waals surface area contributed by atoms with Gasteiger partial charge < -0.3 is 15.3 Å². The number of aliphatic hydroxyl groups excluding tert-OH is 2. The lowest BCUT2D eigenvalue weighted by Crippen LogP contribution is -2.00. The van der Waals surface area contributed by atoms with Gasteiger partial charge in [0.2, 0.25) is 0 Å². The highest BCUT2D eigenvalue weighted by molar-refractivity contribution is 5.66. The van der Waals surface area contributed by atoms with Gasteiger partial charge in [-0.05, 0) is 25.7 Å². The number of aliphatic hydroxyl groups is 2. The van der Waals surface area contributed by atoms with E-state index in [4.69, 9.17) is 5.11 Å². The van der Waals surface area contributed by atoms with Crippen LogP contribution < -0.4 is 0 Å². The predicted molar refractivity (Wildman–Crippen MR) is 98.8 cm³/mol. The van der Waals surface area contributed by atoms with E-state index in [-0.39, 0.29) is 12.5 Å². The summed E-state index contributed by atoms with van der Waals surface area (Å²) in [5.41, 5.74) is 0. The SMILES string of the molecule is CCCCCC(O)/C=C/C=C/C=C/C(O)C/C=C/CCCC(=O)O. The van der Waals surface area contributed by atoms with Crippen LogP contribution >= 0.6 is 0 Å². The van der Waals surface area contributed by atoms with Gasteiger partial charge in [0, 0.05) is 6.42 Å². The fourth-order valence-electron chi connectivity index (χ4n) is 2.02. The highest BCUT2D eigenvalue weighted by Gasteiger charge is 1.97. The summed E-state index contributed by atoms with van der Waals surface area (Å²) in [5, 5.41) is 27.9. The van der Waals surface area contributed by atoms with Gasteiger partial charge in [0.1, 0.15) is 0 Å². The van der Waals surface area contributed by atoms with Crippen molar-refractivity contribution in [1.82, 2.24) is 0 Å². The molecule has 136 valence electrons. The van der Waals surface area contributed by atoms with Crippen LogP contribution in [0, 0.1) is 0 Å². The molecule has 0 aromatic rings. The Bertz CT molecular complexity index is 421. The van der Waals surface area contributed by atoms with Gasteiger partial charge in [0.15, 0.2) is 0 Å². The van der Waals surface area contributed by atoms with Crippen molar-refractivity contribution >= 4 is 5.97 Å². The second-order valence-corrected chi connectivity index (χ2v) is 5.78. The van der Waals surface area contributed by atoms with E-state index < -0.39 is 12.1 Å². The van der Waals surface area contributed by atoms with Crippen LogP contribution in [0.1, 0.15) is 58.3 Å². The molecule has 0 bridgehead atoms. The molecule has 2 unspecified atom stereocenters. The van der Waals surface area contributed by atoms with Crippen molar-refractivity contribution in [2.24, 2.45) is 0 Å². The molecule has 24 heavy (non-hydrogen) atoms. The molecule has 4 heteroatoms. The first-order chi connectivity index (χ1) is 11.6. The Morgan fingerprint density at radius 2 is 1.58 bits per heavy atom. The van der Waals surface area contributed by atoms with Crippen molar-refractivity contribution in [3.63, 3.8) is 0 Å². The Morgan fingerprint density at radius 3 is 2.21 bits per heavy atom. The van der Waals surface area contributed by atoms with Crippen LogP contribution in [0.3, 0.4) is 0 Å². The Kier molecular flexibility index (Phi) is 15.1. The van der Waals surface area contributed by atoms with Crippen molar-refractivity contribution in [2.75, 3.05) is 0 Å². The molecule has 0 amide bonds. The van der Waals surface area contributed by atoms with E-state index in [1.807, 2.05) is 30.4 Å². The molecule has 0 aliphatic rings. The number of hydrogen-bond acceptors (Lipinski definition) is 3. The first-order valence-corrected chi connectivity index (χ1v) is 8.80. The van der Waals surface area contributed by atoms with Gasteiger partial charge in [-0.2, -0.15) is 0 Å². The minimum atomic E-state index is -0.777. The second kappa shape index (κ2) is 16.2. The maximum absolute atomic E-state index is 10.3. The topological polar surface area (TPSA) is 77.8 Å². The van der Waals surface area contributed by atoms with Crippen LogP contribution in [0.15, 0.2) is 48.6 Å². The molecule has 0 radical (unpaired) electrons. The van der Waals surface area contributed by atoms with E-state index in [1.54, 1.807) is 18.2 Å². The highest BCUT2D eigenvalue weighted by Crippen LogP contribution is 2.04. The molecule has 0 saturated carbocycles. The minimum Gasteiger partial charge on any atom is -0.481 e. The second-order valence-electron chi connectivity index (χ2n) is 5.78. The van der Waals surface area contributed by atoms with Crippen molar-refractivity contribution in [3.8, 4) is 0 Å². The molecular weight excluding hydrogens is 304 g/mol. The number of carbonyl (C=O) groups is 1. The zero-order valence-corrected chi connectivity index (χ0v) is 14.7. The lowest BCUT2D eigenvalue weighted by atomic mass is 10.1. The number of carboxylic acid groups (broad SMARTS) is 1. The van der Waals surface area contributed by atoms with Crippen LogP contribution in [0.5, 0.6) is 0 Å². The van der Waals surface area contributed by atoms with Crippen LogP contribution in [-0.2, 0) is 4.79 Å². The summed E-state index contributed by atoms with van der Waals surface area (Å²) in [5.74, 6) is -0.777. The number of allylic oxidation sites excluding steroid dienone is 5. The third-order valence-electron chi connectivity index (χ3n) is 3.41. The van der Waals surface area contributed by atoms with E-state index in [2.05, 4.69) is 6.92 Å². The maximum Gasteiger partial charge on any atom is 0.303 e. The zero-order chi connectivity index (χ0) is 18.0. The van der Waals surface area contributed by atoms with E-state index in [0.717, 1.165) is 25.7 Å². The summed E-state index contributed by atoms with van der Waals surface area (Å²) < 4.78 is 0. The molecule has 2 atom stereocenters. The largest absolute Gasteiger partial charge is 0.481 e. The fraction of sp³-hybridized carbons (Fsp3) is 0.550. The van der Waals surface area contributed by atoms with Gasteiger partial charge in [-0.15, -0.1) is 0 Å². The van der Waals surface area contributed by atoms with Crippen LogP contribution in [-0.4, -0.2) is 33.5 Å².